The van der Waals surface area contributed by atoms with Crippen LogP contribution >= 0.6 is 0 Å². The second-order valence-electron chi connectivity index (χ2n) is 5.68. The Hall–Kier alpha value is -2.38. The van der Waals surface area contributed by atoms with Crippen LogP contribution in [0.2, 0.25) is 0 Å². The fourth-order valence-corrected chi connectivity index (χ4v) is 2.81. The molecule has 0 aliphatic carbocycles. The molecular formula is C14H19N3O5. The first-order valence-electron chi connectivity index (χ1n) is 7.13. The zero-order valence-electron chi connectivity index (χ0n) is 12.6. The van der Waals surface area contributed by atoms with E-state index in [9.17, 15) is 24.3 Å². The van der Waals surface area contributed by atoms with Gasteiger partial charge in [0.2, 0.25) is 0 Å². The number of nitrogens with zero attached hydrogens (tertiary/aromatic N) is 2. The second-order valence-corrected chi connectivity index (χ2v) is 5.68. The number of nitrogens with one attached hydrogen (secondary N) is 1. The van der Waals surface area contributed by atoms with Gasteiger partial charge in [-0.1, -0.05) is 6.92 Å². The van der Waals surface area contributed by atoms with Crippen molar-refractivity contribution in [2.45, 2.75) is 26.2 Å². The lowest BCUT2D eigenvalue weighted by Gasteiger charge is -2.39. The number of carboxylic acids is 1. The topological polar surface area (TPSA) is 112 Å². The Bertz CT molecular complexity index is 720. The molecule has 0 saturated carbocycles. The summed E-state index contributed by atoms with van der Waals surface area (Å²) in [5.74, 6) is -1.47. The lowest BCUT2D eigenvalue weighted by Crippen LogP contribution is -2.50. The van der Waals surface area contributed by atoms with Crippen LogP contribution in [0.1, 0.15) is 36.5 Å². The molecule has 1 fully saturated rings. The van der Waals surface area contributed by atoms with E-state index < -0.39 is 28.5 Å². The largest absolute Gasteiger partial charge is 0.481 e. The van der Waals surface area contributed by atoms with Crippen molar-refractivity contribution in [2.75, 3.05) is 13.1 Å². The van der Waals surface area contributed by atoms with Gasteiger partial charge >= 0.3 is 11.7 Å². The molecule has 1 saturated heterocycles. The van der Waals surface area contributed by atoms with Crippen molar-refractivity contribution in [3.8, 4) is 0 Å². The third kappa shape index (κ3) is 2.68. The zero-order chi connectivity index (χ0) is 16.5. The van der Waals surface area contributed by atoms with Crippen LogP contribution in [0.15, 0.2) is 15.8 Å². The summed E-state index contributed by atoms with van der Waals surface area (Å²) in [6.07, 6.45) is 2.67. The summed E-state index contributed by atoms with van der Waals surface area (Å²) in [7, 11) is 1.43. The van der Waals surface area contributed by atoms with Crippen molar-refractivity contribution in [1.82, 2.24) is 14.5 Å². The molecule has 1 aliphatic rings. The van der Waals surface area contributed by atoms with Crippen LogP contribution in [0.5, 0.6) is 0 Å². The van der Waals surface area contributed by atoms with Crippen molar-refractivity contribution in [2.24, 2.45) is 12.5 Å². The molecule has 0 aromatic carbocycles. The number of hydrogen-bond acceptors (Lipinski definition) is 4. The van der Waals surface area contributed by atoms with Gasteiger partial charge < -0.3 is 14.6 Å². The summed E-state index contributed by atoms with van der Waals surface area (Å²) in [6, 6.07) is 0. The average molecular weight is 309 g/mol. The Balaban J connectivity index is 2.34. The fraction of sp³-hybridized carbons (Fsp3) is 0.571. The first-order valence-corrected chi connectivity index (χ1v) is 7.13. The average Bonchev–Trinajstić information content (AvgIpc) is 2.50. The van der Waals surface area contributed by atoms with Crippen LogP contribution in [0.25, 0.3) is 0 Å². The molecule has 1 aromatic rings. The maximum absolute atomic E-state index is 12.5. The molecule has 2 N–H and O–H groups in total. The quantitative estimate of drug-likeness (QED) is 0.802. The van der Waals surface area contributed by atoms with Gasteiger partial charge in [-0.25, -0.2) is 4.79 Å². The number of carbonyl (C=O) groups is 2. The molecule has 1 amide bonds. The summed E-state index contributed by atoms with van der Waals surface area (Å²) < 4.78 is 1.11. The van der Waals surface area contributed by atoms with Gasteiger partial charge in [-0.3, -0.25) is 19.4 Å². The Labute approximate surface area is 126 Å². The van der Waals surface area contributed by atoms with Crippen LogP contribution in [-0.4, -0.2) is 44.5 Å². The lowest BCUT2D eigenvalue weighted by molar-refractivity contribution is -0.152. The molecule has 1 unspecified atom stereocenters. The lowest BCUT2D eigenvalue weighted by atomic mass is 9.77. The first kappa shape index (κ1) is 16.0. The van der Waals surface area contributed by atoms with E-state index in [2.05, 4.69) is 4.98 Å². The smallest absolute Gasteiger partial charge is 0.328 e. The highest BCUT2D eigenvalue weighted by Crippen LogP contribution is 2.34. The number of rotatable bonds is 3. The number of aromatic amines is 1. The zero-order valence-corrected chi connectivity index (χ0v) is 12.6. The Kier molecular flexibility index (Phi) is 4.20. The van der Waals surface area contributed by atoms with Crippen LogP contribution in [0, 0.1) is 5.41 Å². The number of hydrogen-bond donors (Lipinski definition) is 2. The number of piperidine rings is 1. The van der Waals surface area contributed by atoms with Crippen molar-refractivity contribution >= 4 is 11.9 Å². The van der Waals surface area contributed by atoms with E-state index in [0.29, 0.717) is 25.8 Å². The fourth-order valence-electron chi connectivity index (χ4n) is 2.81. The molecule has 1 aliphatic heterocycles. The standard InChI is InChI=1S/C14H19N3O5/c1-3-14(12(20)21)5-4-6-17(8-14)11(19)9-7-16(2)13(22)15-10(9)18/h7H,3-6,8H2,1-2H3,(H,20,21)(H,15,18,22). The summed E-state index contributed by atoms with van der Waals surface area (Å²) in [6.45, 7) is 2.25. The molecule has 8 heteroatoms. The van der Waals surface area contributed by atoms with E-state index in [1.807, 2.05) is 0 Å². The second kappa shape index (κ2) is 5.78. The molecule has 0 bridgehead atoms. The third-order valence-corrected chi connectivity index (χ3v) is 4.33. The minimum absolute atomic E-state index is 0.0694. The van der Waals surface area contributed by atoms with Gasteiger partial charge in [0, 0.05) is 26.3 Å². The normalized spacial score (nSPS) is 21.6. The first-order chi connectivity index (χ1) is 10.3. The Morgan fingerprint density at radius 2 is 2.09 bits per heavy atom. The highest BCUT2D eigenvalue weighted by molar-refractivity contribution is 5.94. The highest BCUT2D eigenvalue weighted by atomic mass is 16.4. The Morgan fingerprint density at radius 3 is 2.68 bits per heavy atom. The predicted molar refractivity (Wildman–Crippen MR) is 77.8 cm³/mol. The van der Waals surface area contributed by atoms with Crippen LogP contribution in [0.4, 0.5) is 0 Å². The predicted octanol–water partition coefficient (Wildman–Crippen LogP) is -0.209. The van der Waals surface area contributed by atoms with E-state index in [1.165, 1.54) is 18.1 Å². The van der Waals surface area contributed by atoms with Gasteiger partial charge in [-0.05, 0) is 19.3 Å². The van der Waals surface area contributed by atoms with E-state index in [-0.39, 0.29) is 12.1 Å². The number of carbonyl (C=O) groups excluding carboxylic acids is 1. The van der Waals surface area contributed by atoms with E-state index in [4.69, 9.17) is 0 Å². The van der Waals surface area contributed by atoms with Gasteiger partial charge in [-0.2, -0.15) is 0 Å². The molecule has 22 heavy (non-hydrogen) atoms. The number of likely N-dealkylation sites (tertiary alicyclic amines) is 1. The summed E-state index contributed by atoms with van der Waals surface area (Å²) in [4.78, 5) is 50.6. The van der Waals surface area contributed by atoms with Crippen molar-refractivity contribution in [3.63, 3.8) is 0 Å². The van der Waals surface area contributed by atoms with Crippen LogP contribution < -0.4 is 11.2 Å². The minimum Gasteiger partial charge on any atom is -0.481 e. The van der Waals surface area contributed by atoms with Crippen LogP contribution in [-0.2, 0) is 11.8 Å². The minimum atomic E-state index is -0.971. The van der Waals surface area contributed by atoms with Gasteiger partial charge in [0.25, 0.3) is 11.5 Å². The molecule has 0 radical (unpaired) electrons. The number of aryl methyl sites for hydroxylation is 1. The van der Waals surface area contributed by atoms with Crippen molar-refractivity contribution in [1.29, 1.82) is 0 Å². The molecule has 8 nitrogen and oxygen atoms in total. The monoisotopic (exact) mass is 309 g/mol. The maximum Gasteiger partial charge on any atom is 0.328 e. The molecular weight excluding hydrogens is 290 g/mol. The van der Waals surface area contributed by atoms with Gasteiger partial charge in [0.1, 0.15) is 5.56 Å². The summed E-state index contributed by atoms with van der Waals surface area (Å²) in [5, 5.41) is 9.44. The third-order valence-electron chi connectivity index (χ3n) is 4.33. The van der Waals surface area contributed by atoms with Gasteiger partial charge in [0.15, 0.2) is 0 Å². The van der Waals surface area contributed by atoms with Gasteiger partial charge in [0.05, 0.1) is 5.41 Å². The number of carboxylic acid groups (broad SMARTS) is 1. The van der Waals surface area contributed by atoms with E-state index in [0.717, 1.165) is 4.57 Å². The summed E-state index contributed by atoms with van der Waals surface area (Å²) in [5.41, 5.74) is -2.48. The molecule has 1 aromatic heterocycles. The van der Waals surface area contributed by atoms with E-state index >= 15 is 0 Å². The maximum atomic E-state index is 12.5. The summed E-state index contributed by atoms with van der Waals surface area (Å²) >= 11 is 0. The van der Waals surface area contributed by atoms with Crippen molar-refractivity contribution in [3.05, 3.63) is 32.6 Å². The highest BCUT2D eigenvalue weighted by Gasteiger charge is 2.42. The van der Waals surface area contributed by atoms with Crippen LogP contribution in [0.3, 0.4) is 0 Å². The van der Waals surface area contributed by atoms with Gasteiger partial charge in [-0.15, -0.1) is 0 Å². The molecule has 1 atom stereocenters. The van der Waals surface area contributed by atoms with Crippen molar-refractivity contribution < 1.29 is 14.7 Å². The Morgan fingerprint density at radius 1 is 1.41 bits per heavy atom. The molecule has 2 rings (SSSR count). The SMILES string of the molecule is CCC1(C(=O)O)CCCN(C(=O)c2cn(C)c(=O)[nH]c2=O)C1. The molecule has 2 heterocycles. The molecule has 120 valence electrons. The number of aliphatic carboxylic acids is 1. The number of H-pyrrole nitrogens is 1. The molecule has 0 spiro atoms. The number of aromatic nitrogens is 2. The van der Waals surface area contributed by atoms with E-state index in [1.54, 1.807) is 6.92 Å². The number of amides is 1.